The molecule has 0 nitrogen and oxygen atoms in total. The van der Waals surface area contributed by atoms with E-state index in [1.54, 1.807) is 22.3 Å². The average Bonchev–Trinajstić information content (AvgIpc) is 3.41. The maximum atomic E-state index is 2.57. The molecule has 0 N–H and O–H groups in total. The second kappa shape index (κ2) is 8.73. The van der Waals surface area contributed by atoms with Gasteiger partial charge in [-0.1, -0.05) is 99.6 Å². The number of hydrogen-bond acceptors (Lipinski definition) is 0. The molecule has 0 aromatic heterocycles. The zero-order valence-corrected chi connectivity index (χ0v) is 20.9. The van der Waals surface area contributed by atoms with E-state index < -0.39 is 0 Å². The fourth-order valence-electron chi connectivity index (χ4n) is 6.71. The standard InChI is InChI=1S/C34H36/c1-22(2)27-13-14-28-20-32-23(3)33(21-30(32)19-29(28)18-27)31-16-15-26-12-11-25(17-34(26)31)10-9-24-7-5-4-6-8-24/h4-8,11-14,17-20,22-23,31,33H,9-10,15-16,21H2,1-3H3. The fraction of sp³-hybridized carbons (Fsp3) is 0.353. The van der Waals surface area contributed by atoms with Gasteiger partial charge in [0.2, 0.25) is 0 Å². The van der Waals surface area contributed by atoms with Crippen molar-refractivity contribution in [1.82, 2.24) is 0 Å². The molecule has 0 radical (unpaired) electrons. The highest BCUT2D eigenvalue weighted by molar-refractivity contribution is 5.85. The van der Waals surface area contributed by atoms with E-state index in [0.717, 1.165) is 18.8 Å². The van der Waals surface area contributed by atoms with Crippen molar-refractivity contribution in [2.24, 2.45) is 5.92 Å². The van der Waals surface area contributed by atoms with Gasteiger partial charge in [-0.2, -0.15) is 0 Å². The minimum absolute atomic E-state index is 0.579. The van der Waals surface area contributed by atoms with Crippen LogP contribution in [0.1, 0.15) is 83.9 Å². The maximum absolute atomic E-state index is 2.57. The van der Waals surface area contributed by atoms with Crippen molar-refractivity contribution in [3.63, 3.8) is 0 Å². The molecular formula is C34H36. The van der Waals surface area contributed by atoms with Gasteiger partial charge in [-0.3, -0.25) is 0 Å². The highest BCUT2D eigenvalue weighted by Gasteiger charge is 2.38. The van der Waals surface area contributed by atoms with Crippen molar-refractivity contribution < 1.29 is 0 Å². The van der Waals surface area contributed by atoms with E-state index >= 15 is 0 Å². The Morgan fingerprint density at radius 2 is 1.56 bits per heavy atom. The van der Waals surface area contributed by atoms with Gasteiger partial charge >= 0.3 is 0 Å². The third-order valence-electron chi connectivity index (χ3n) is 8.77. The van der Waals surface area contributed by atoms with Crippen LogP contribution in [0.2, 0.25) is 0 Å². The van der Waals surface area contributed by atoms with Gasteiger partial charge in [-0.05, 0) is 105 Å². The summed E-state index contributed by atoms with van der Waals surface area (Å²) in [4.78, 5) is 0. The minimum atomic E-state index is 0.579. The van der Waals surface area contributed by atoms with Gasteiger partial charge in [0.15, 0.2) is 0 Å². The molecule has 3 unspecified atom stereocenters. The number of fused-ring (bicyclic) bond motifs is 3. The van der Waals surface area contributed by atoms with Crippen LogP contribution in [-0.2, 0) is 25.7 Å². The lowest BCUT2D eigenvalue weighted by atomic mass is 9.79. The van der Waals surface area contributed by atoms with Crippen molar-refractivity contribution in [2.45, 2.75) is 70.6 Å². The highest BCUT2D eigenvalue weighted by Crippen LogP contribution is 2.50. The Kier molecular flexibility index (Phi) is 5.56. The van der Waals surface area contributed by atoms with Crippen molar-refractivity contribution in [2.75, 3.05) is 0 Å². The van der Waals surface area contributed by atoms with Crippen LogP contribution in [0.5, 0.6) is 0 Å². The van der Waals surface area contributed by atoms with Crippen molar-refractivity contribution in [1.29, 1.82) is 0 Å². The smallest absolute Gasteiger partial charge is 0.0119 e. The van der Waals surface area contributed by atoms with Gasteiger partial charge in [-0.25, -0.2) is 0 Å². The van der Waals surface area contributed by atoms with E-state index in [2.05, 4.69) is 99.6 Å². The van der Waals surface area contributed by atoms with E-state index in [4.69, 9.17) is 0 Å². The molecule has 0 heteroatoms. The minimum Gasteiger partial charge on any atom is -0.0622 e. The SMILES string of the molecule is CC(C)c1ccc2cc3c(cc2c1)CC(C1CCc2ccc(CCc4ccccc4)cc21)C3C. The molecule has 0 heterocycles. The summed E-state index contributed by atoms with van der Waals surface area (Å²) >= 11 is 0. The quantitative estimate of drug-likeness (QED) is 0.288. The Bertz CT molecular complexity index is 1330. The fourth-order valence-corrected chi connectivity index (χ4v) is 6.71. The molecule has 4 aromatic carbocycles. The Morgan fingerprint density at radius 3 is 2.38 bits per heavy atom. The largest absolute Gasteiger partial charge is 0.0622 e. The summed E-state index contributed by atoms with van der Waals surface area (Å²) in [6.45, 7) is 7.07. The molecule has 0 spiro atoms. The second-order valence-electron chi connectivity index (χ2n) is 11.1. The van der Waals surface area contributed by atoms with Gasteiger partial charge in [0, 0.05) is 0 Å². The van der Waals surface area contributed by atoms with E-state index in [1.165, 1.54) is 46.7 Å². The van der Waals surface area contributed by atoms with Crippen LogP contribution in [0.15, 0.2) is 78.9 Å². The van der Waals surface area contributed by atoms with Crippen LogP contribution < -0.4 is 0 Å². The molecule has 0 fully saturated rings. The number of benzene rings is 4. The third-order valence-corrected chi connectivity index (χ3v) is 8.77. The highest BCUT2D eigenvalue weighted by atomic mass is 14.4. The van der Waals surface area contributed by atoms with Gasteiger partial charge in [0.05, 0.1) is 0 Å². The van der Waals surface area contributed by atoms with E-state index in [9.17, 15) is 0 Å². The monoisotopic (exact) mass is 444 g/mol. The van der Waals surface area contributed by atoms with Gasteiger partial charge in [0.25, 0.3) is 0 Å². The Hall–Kier alpha value is -2.86. The number of aryl methyl sites for hydroxylation is 3. The normalized spacial score (nSPS) is 21.2. The first-order valence-electron chi connectivity index (χ1n) is 13.3. The first-order valence-corrected chi connectivity index (χ1v) is 13.3. The molecule has 0 aliphatic heterocycles. The van der Waals surface area contributed by atoms with Crippen molar-refractivity contribution in [3.8, 4) is 0 Å². The lowest BCUT2D eigenvalue weighted by molar-refractivity contribution is 0.388. The average molecular weight is 445 g/mol. The maximum Gasteiger partial charge on any atom is -0.0119 e. The lowest BCUT2D eigenvalue weighted by Gasteiger charge is -2.25. The predicted octanol–water partition coefficient (Wildman–Crippen LogP) is 8.75. The molecule has 0 amide bonds. The molecule has 34 heavy (non-hydrogen) atoms. The van der Waals surface area contributed by atoms with Crippen molar-refractivity contribution >= 4 is 10.8 Å². The summed E-state index contributed by atoms with van der Waals surface area (Å²) in [5, 5.41) is 2.83. The molecule has 6 rings (SSSR count). The molecule has 0 bridgehead atoms. The van der Waals surface area contributed by atoms with E-state index in [1.807, 2.05) is 0 Å². The van der Waals surface area contributed by atoms with E-state index in [-0.39, 0.29) is 0 Å². The molecule has 3 atom stereocenters. The van der Waals surface area contributed by atoms with Gasteiger partial charge in [-0.15, -0.1) is 0 Å². The molecular weight excluding hydrogens is 408 g/mol. The first-order chi connectivity index (χ1) is 16.6. The summed E-state index contributed by atoms with van der Waals surface area (Å²) in [6, 6.07) is 30.4. The molecule has 2 aliphatic carbocycles. The summed E-state index contributed by atoms with van der Waals surface area (Å²) in [6.07, 6.45) is 6.06. The van der Waals surface area contributed by atoms with Crippen LogP contribution in [0, 0.1) is 5.92 Å². The van der Waals surface area contributed by atoms with E-state index in [0.29, 0.717) is 17.8 Å². The van der Waals surface area contributed by atoms with Crippen LogP contribution >= 0.6 is 0 Å². The first kappa shape index (κ1) is 21.7. The number of hydrogen-bond donors (Lipinski definition) is 0. The summed E-state index contributed by atoms with van der Waals surface area (Å²) < 4.78 is 0. The molecule has 2 aliphatic rings. The second-order valence-corrected chi connectivity index (χ2v) is 11.1. The Balaban J connectivity index is 1.26. The molecule has 172 valence electrons. The lowest BCUT2D eigenvalue weighted by Crippen LogP contribution is -2.14. The Labute approximate surface area is 205 Å². The van der Waals surface area contributed by atoms with Crippen LogP contribution in [-0.4, -0.2) is 0 Å². The molecule has 4 aromatic rings. The zero-order chi connectivity index (χ0) is 23.2. The zero-order valence-electron chi connectivity index (χ0n) is 20.9. The third kappa shape index (κ3) is 3.88. The van der Waals surface area contributed by atoms with Crippen LogP contribution in [0.4, 0.5) is 0 Å². The summed E-state index contributed by atoms with van der Waals surface area (Å²) in [5.74, 6) is 2.63. The van der Waals surface area contributed by atoms with Gasteiger partial charge < -0.3 is 0 Å². The number of rotatable bonds is 5. The predicted molar refractivity (Wildman–Crippen MR) is 145 cm³/mol. The summed E-state index contributed by atoms with van der Waals surface area (Å²) in [5.41, 5.74) is 10.8. The van der Waals surface area contributed by atoms with Crippen LogP contribution in [0.3, 0.4) is 0 Å². The van der Waals surface area contributed by atoms with Crippen LogP contribution in [0.25, 0.3) is 10.8 Å². The molecule has 0 saturated heterocycles. The Morgan fingerprint density at radius 1 is 0.735 bits per heavy atom. The van der Waals surface area contributed by atoms with Gasteiger partial charge in [0.1, 0.15) is 0 Å². The van der Waals surface area contributed by atoms with Crippen molar-refractivity contribution in [3.05, 3.63) is 118 Å². The molecule has 0 saturated carbocycles. The topological polar surface area (TPSA) is 0 Å². The summed E-state index contributed by atoms with van der Waals surface area (Å²) in [7, 11) is 0.